The second-order valence-electron chi connectivity index (χ2n) is 11.9. The van der Waals surface area contributed by atoms with Crippen LogP contribution in [0, 0.1) is 42.4 Å². The normalized spacial score (nSPS) is 26.5. The Kier molecular flexibility index (Phi) is 6.07. The second-order valence-corrected chi connectivity index (χ2v) is 13.7. The van der Waals surface area contributed by atoms with Gasteiger partial charge in [-0.2, -0.15) is 0 Å². The van der Waals surface area contributed by atoms with Crippen LogP contribution in [0.2, 0.25) is 0 Å². The van der Waals surface area contributed by atoms with E-state index >= 15 is 0 Å². The first-order chi connectivity index (χ1) is 20.8. The lowest BCUT2D eigenvalue weighted by Crippen LogP contribution is -2.40. The topological polar surface area (TPSA) is 93.6 Å². The number of aryl methyl sites for hydroxylation is 1. The molecule has 6 unspecified atom stereocenters. The molecule has 2 aromatic heterocycles. The molecule has 1 aliphatic heterocycles. The maximum absolute atomic E-state index is 13.6. The molecule has 9 heteroatoms. The largest absolute Gasteiger partial charge is 0.454 e. The predicted octanol–water partition coefficient (Wildman–Crippen LogP) is 6.63. The number of pyridine rings is 1. The molecule has 2 saturated carbocycles. The van der Waals surface area contributed by atoms with Crippen molar-refractivity contribution in [3.05, 3.63) is 92.6 Å². The van der Waals surface area contributed by atoms with E-state index in [1.807, 2.05) is 31.2 Å². The molecule has 2 aromatic carbocycles. The van der Waals surface area contributed by atoms with Gasteiger partial charge in [-0.3, -0.25) is 19.3 Å². The number of ether oxygens (including phenoxy) is 1. The molecule has 5 aliphatic rings. The lowest BCUT2D eigenvalue weighted by Gasteiger charge is -2.37. The quantitative estimate of drug-likeness (QED) is 0.100. The molecule has 4 aliphatic carbocycles. The first-order valence-electron chi connectivity index (χ1n) is 14.3. The van der Waals surface area contributed by atoms with Gasteiger partial charge in [0.25, 0.3) is 0 Å². The van der Waals surface area contributed by atoms with Gasteiger partial charge < -0.3 is 4.74 Å². The number of imide groups is 1. The number of halogens is 1. The van der Waals surface area contributed by atoms with E-state index in [1.54, 1.807) is 35.7 Å². The van der Waals surface area contributed by atoms with Crippen LogP contribution in [-0.2, 0) is 14.3 Å². The number of thiophene rings is 1. The Morgan fingerprint density at radius 2 is 1.70 bits per heavy atom. The number of benzene rings is 2. The number of nitrogens with zero attached hydrogens (tertiary/aromatic N) is 2. The summed E-state index contributed by atoms with van der Waals surface area (Å²) in [6.07, 6.45) is 5.47. The molecular formula is C34H25BrN2O5S. The van der Waals surface area contributed by atoms with Gasteiger partial charge in [-0.1, -0.05) is 46.3 Å². The van der Waals surface area contributed by atoms with Gasteiger partial charge in [-0.15, -0.1) is 11.3 Å². The van der Waals surface area contributed by atoms with Crippen molar-refractivity contribution in [3.8, 4) is 11.3 Å². The zero-order chi connectivity index (χ0) is 29.6. The summed E-state index contributed by atoms with van der Waals surface area (Å²) < 4.78 is 6.26. The molecule has 3 fully saturated rings. The monoisotopic (exact) mass is 652 g/mol. The molecule has 3 heterocycles. The summed E-state index contributed by atoms with van der Waals surface area (Å²) in [5.41, 5.74) is 3.60. The van der Waals surface area contributed by atoms with Gasteiger partial charge in [0.1, 0.15) is 0 Å². The van der Waals surface area contributed by atoms with Gasteiger partial charge in [0.15, 0.2) is 6.61 Å². The van der Waals surface area contributed by atoms with Crippen molar-refractivity contribution in [1.29, 1.82) is 0 Å². The molecule has 214 valence electrons. The number of fused-ring (bicyclic) bond motifs is 1. The van der Waals surface area contributed by atoms with Crippen LogP contribution in [0.4, 0.5) is 5.69 Å². The van der Waals surface area contributed by atoms with Crippen molar-refractivity contribution < 1.29 is 23.9 Å². The first-order valence-corrected chi connectivity index (χ1v) is 16.0. The molecule has 0 spiro atoms. The molecular weight excluding hydrogens is 628 g/mol. The molecule has 6 atom stereocenters. The van der Waals surface area contributed by atoms with Crippen LogP contribution in [0.1, 0.15) is 32.0 Å². The average Bonchev–Trinajstić information content (AvgIpc) is 3.57. The van der Waals surface area contributed by atoms with E-state index < -0.39 is 5.97 Å². The number of carbonyl (C=O) groups is 4. The minimum atomic E-state index is -0.621. The van der Waals surface area contributed by atoms with Gasteiger partial charge in [-0.25, -0.2) is 9.78 Å². The summed E-state index contributed by atoms with van der Waals surface area (Å²) in [5, 5.41) is 2.41. The minimum Gasteiger partial charge on any atom is -0.454 e. The fourth-order valence-electron chi connectivity index (χ4n) is 7.48. The van der Waals surface area contributed by atoms with Crippen LogP contribution in [0.15, 0.2) is 76.6 Å². The Morgan fingerprint density at radius 3 is 2.35 bits per heavy atom. The van der Waals surface area contributed by atoms with Crippen LogP contribution in [-0.4, -0.2) is 35.2 Å². The second kappa shape index (κ2) is 9.79. The average molecular weight is 654 g/mol. The third-order valence-corrected chi connectivity index (χ3v) is 10.9. The minimum absolute atomic E-state index is 0.0976. The highest BCUT2D eigenvalue weighted by atomic mass is 79.9. The van der Waals surface area contributed by atoms with Crippen LogP contribution in [0.3, 0.4) is 0 Å². The van der Waals surface area contributed by atoms with Gasteiger partial charge in [0, 0.05) is 15.4 Å². The summed E-state index contributed by atoms with van der Waals surface area (Å²) in [6, 6.07) is 16.1. The molecule has 43 heavy (non-hydrogen) atoms. The maximum atomic E-state index is 13.6. The molecule has 0 N–H and O–H groups in total. The van der Waals surface area contributed by atoms with E-state index in [9.17, 15) is 19.2 Å². The third kappa shape index (κ3) is 4.16. The third-order valence-electron chi connectivity index (χ3n) is 9.50. The summed E-state index contributed by atoms with van der Waals surface area (Å²) in [6.45, 7) is 1.55. The van der Waals surface area contributed by atoms with Gasteiger partial charge >= 0.3 is 5.97 Å². The van der Waals surface area contributed by atoms with E-state index in [2.05, 4.69) is 28.1 Å². The van der Waals surface area contributed by atoms with E-state index in [-0.39, 0.29) is 47.9 Å². The Hall–Kier alpha value is -3.95. The molecule has 4 aromatic rings. The number of amides is 2. The predicted molar refractivity (Wildman–Crippen MR) is 166 cm³/mol. The Bertz CT molecular complexity index is 1860. The van der Waals surface area contributed by atoms with E-state index in [1.165, 1.54) is 16.2 Å². The number of Topliss-reactive ketones (excluding diaryl/α,β-unsaturated/α-hetero) is 1. The number of hydrogen-bond donors (Lipinski definition) is 0. The van der Waals surface area contributed by atoms with Crippen molar-refractivity contribution in [2.75, 3.05) is 11.5 Å². The van der Waals surface area contributed by atoms with Crippen LogP contribution in [0.25, 0.3) is 22.2 Å². The summed E-state index contributed by atoms with van der Waals surface area (Å²) in [5.74, 6) is -0.146. The lowest BCUT2D eigenvalue weighted by molar-refractivity contribution is -0.124. The number of aromatic nitrogens is 1. The number of anilines is 1. The van der Waals surface area contributed by atoms with Crippen LogP contribution >= 0.6 is 27.3 Å². The number of hydrogen-bond acceptors (Lipinski definition) is 7. The molecule has 0 radical (unpaired) electrons. The summed E-state index contributed by atoms with van der Waals surface area (Å²) in [4.78, 5) is 59.7. The van der Waals surface area contributed by atoms with E-state index in [0.717, 1.165) is 22.0 Å². The highest BCUT2D eigenvalue weighted by Crippen LogP contribution is 2.65. The number of esters is 1. The lowest BCUT2D eigenvalue weighted by atomic mass is 9.63. The number of rotatable bonds is 6. The molecule has 9 rings (SSSR count). The molecule has 2 bridgehead atoms. The number of carbonyl (C=O) groups excluding carboxylic acids is 4. The Balaban J connectivity index is 1.11. The maximum Gasteiger partial charge on any atom is 0.339 e. The van der Waals surface area contributed by atoms with Crippen molar-refractivity contribution in [1.82, 2.24) is 4.98 Å². The van der Waals surface area contributed by atoms with Crippen molar-refractivity contribution >= 4 is 67.4 Å². The van der Waals surface area contributed by atoms with Crippen molar-refractivity contribution in [2.24, 2.45) is 35.5 Å². The van der Waals surface area contributed by atoms with Crippen molar-refractivity contribution in [3.63, 3.8) is 0 Å². The van der Waals surface area contributed by atoms with Gasteiger partial charge in [-0.05, 0) is 84.4 Å². The fourth-order valence-corrected chi connectivity index (χ4v) is 8.71. The van der Waals surface area contributed by atoms with E-state index in [4.69, 9.17) is 9.72 Å². The number of allylic oxidation sites excluding steroid dienone is 2. The van der Waals surface area contributed by atoms with Crippen LogP contribution in [0.5, 0.6) is 0 Å². The van der Waals surface area contributed by atoms with Gasteiger partial charge in [0.05, 0.1) is 39.2 Å². The van der Waals surface area contributed by atoms with Gasteiger partial charge in [0.2, 0.25) is 17.6 Å². The summed E-state index contributed by atoms with van der Waals surface area (Å²) in [7, 11) is 0. The standard InChI is InChI=1S/C34H25BrN2O5S/c1-16-11-18(35)12-24-25(34(41)42-15-27(38)28-3-2-10-43-28)14-26(36-31(16)24)17-4-6-19(7-5-17)37-32(39)29-20-8-9-21(23-13-22(20)23)30(29)33(37)40/h2-12,14,20-23,29-30H,13,15H2,1H3. The molecule has 1 saturated heterocycles. The zero-order valence-corrected chi connectivity index (χ0v) is 25.4. The molecule has 2 amide bonds. The number of ketones is 1. The summed E-state index contributed by atoms with van der Waals surface area (Å²) >= 11 is 4.81. The fraction of sp³-hybridized carbons (Fsp3) is 0.265. The zero-order valence-electron chi connectivity index (χ0n) is 23.0. The highest BCUT2D eigenvalue weighted by Gasteiger charge is 2.67. The van der Waals surface area contributed by atoms with Crippen LogP contribution < -0.4 is 4.90 Å². The smallest absolute Gasteiger partial charge is 0.339 e. The molecule has 7 nitrogen and oxygen atoms in total. The van der Waals surface area contributed by atoms with E-state index in [0.29, 0.717) is 44.6 Å². The Labute approximate surface area is 259 Å². The van der Waals surface area contributed by atoms with Crippen molar-refractivity contribution in [2.45, 2.75) is 13.3 Å². The highest BCUT2D eigenvalue weighted by molar-refractivity contribution is 9.10. The Morgan fingerprint density at radius 1 is 1.00 bits per heavy atom. The first kappa shape index (κ1) is 26.7. The SMILES string of the molecule is Cc1cc(Br)cc2c(C(=O)OCC(=O)c3cccs3)cc(-c3ccc(N4C(=O)C5C6C=CC(C7CC67)C5C4=O)cc3)nc12.